The quantitative estimate of drug-likeness (QED) is 0.531. The molecule has 1 aromatic heterocycles. The molecule has 0 unspecified atom stereocenters. The van der Waals surface area contributed by atoms with E-state index in [4.69, 9.17) is 4.74 Å². The Hall–Kier alpha value is -2.66. The lowest BCUT2D eigenvalue weighted by Crippen LogP contribution is -2.61. The molecule has 4 rings (SSSR count). The van der Waals surface area contributed by atoms with Crippen molar-refractivity contribution < 1.29 is 22.3 Å². The fraction of sp³-hybridized carbons (Fsp3) is 0.600. The van der Waals surface area contributed by atoms with E-state index in [1.807, 2.05) is 0 Å². The third-order valence-electron chi connectivity index (χ3n) is 7.30. The Morgan fingerprint density at radius 1 is 1.06 bits per heavy atom. The number of nitrogens with one attached hydrogen (secondary N) is 2. The number of hydrogen-bond donors (Lipinski definition) is 2. The summed E-state index contributed by atoms with van der Waals surface area (Å²) in [6, 6.07) is 3.98. The highest BCUT2D eigenvalue weighted by Crippen LogP contribution is 2.40. The van der Waals surface area contributed by atoms with Gasteiger partial charge in [-0.3, -0.25) is 4.90 Å². The van der Waals surface area contributed by atoms with E-state index in [-0.39, 0.29) is 40.3 Å². The molecular formula is C25H34F4N6O. The summed E-state index contributed by atoms with van der Waals surface area (Å²) < 4.78 is 61.5. The molecule has 3 heterocycles. The molecule has 2 saturated heterocycles. The van der Waals surface area contributed by atoms with Crippen LogP contribution >= 0.6 is 0 Å². The molecule has 0 atom stereocenters. The van der Waals surface area contributed by atoms with E-state index in [9.17, 15) is 17.6 Å². The zero-order chi connectivity index (χ0) is 26.3. The molecule has 0 amide bonds. The van der Waals surface area contributed by atoms with Gasteiger partial charge in [-0.2, -0.15) is 18.2 Å². The minimum absolute atomic E-state index is 0.0117. The Labute approximate surface area is 209 Å². The average molecular weight is 511 g/mol. The minimum atomic E-state index is -4.55. The summed E-state index contributed by atoms with van der Waals surface area (Å²) in [5, 5.41) is 6.01. The van der Waals surface area contributed by atoms with E-state index < -0.39 is 17.6 Å². The Balaban J connectivity index is 1.55. The molecule has 7 nitrogen and oxygen atoms in total. The van der Waals surface area contributed by atoms with Crippen molar-refractivity contribution in [1.82, 2.24) is 14.9 Å². The van der Waals surface area contributed by atoms with Gasteiger partial charge in [0.1, 0.15) is 0 Å². The van der Waals surface area contributed by atoms with Crippen LogP contribution in [-0.2, 0) is 10.9 Å². The van der Waals surface area contributed by atoms with Gasteiger partial charge in [-0.05, 0) is 65.8 Å². The van der Waals surface area contributed by atoms with Crippen LogP contribution in [0.15, 0.2) is 24.4 Å². The van der Waals surface area contributed by atoms with Gasteiger partial charge >= 0.3 is 6.18 Å². The first-order valence-electron chi connectivity index (χ1n) is 12.1. The van der Waals surface area contributed by atoms with E-state index in [1.54, 1.807) is 11.0 Å². The molecule has 0 spiro atoms. The van der Waals surface area contributed by atoms with Crippen molar-refractivity contribution >= 4 is 23.1 Å². The average Bonchev–Trinajstić information content (AvgIpc) is 2.79. The summed E-state index contributed by atoms with van der Waals surface area (Å²) >= 11 is 0. The number of anilines is 4. The van der Waals surface area contributed by atoms with Gasteiger partial charge in [0.05, 0.1) is 25.0 Å². The first-order chi connectivity index (χ1) is 16.8. The molecule has 2 aliphatic heterocycles. The highest BCUT2D eigenvalue weighted by atomic mass is 19.4. The first-order valence-corrected chi connectivity index (χ1v) is 12.1. The maximum atomic E-state index is 14.6. The zero-order valence-electron chi connectivity index (χ0n) is 21.3. The van der Waals surface area contributed by atoms with Gasteiger partial charge < -0.3 is 20.3 Å². The smallest absolute Gasteiger partial charge is 0.378 e. The van der Waals surface area contributed by atoms with Crippen LogP contribution in [0.5, 0.6) is 0 Å². The van der Waals surface area contributed by atoms with E-state index in [2.05, 4.69) is 60.2 Å². The van der Waals surface area contributed by atoms with E-state index >= 15 is 0 Å². The molecule has 0 bridgehead atoms. The molecule has 36 heavy (non-hydrogen) atoms. The number of piperidine rings is 1. The van der Waals surface area contributed by atoms with Gasteiger partial charge in [-0.15, -0.1) is 0 Å². The third-order valence-corrected chi connectivity index (χ3v) is 7.30. The van der Waals surface area contributed by atoms with Crippen molar-refractivity contribution in [3.8, 4) is 0 Å². The van der Waals surface area contributed by atoms with Crippen LogP contribution in [-0.4, -0.2) is 65.3 Å². The molecule has 2 N–H and O–H groups in total. The second kappa shape index (κ2) is 9.66. The predicted octanol–water partition coefficient (Wildman–Crippen LogP) is 5.28. The summed E-state index contributed by atoms with van der Waals surface area (Å²) in [5.41, 5.74) is -0.712. The molecule has 198 valence electrons. The number of hydrogen-bond acceptors (Lipinski definition) is 7. The maximum Gasteiger partial charge on any atom is 0.418 e. The van der Waals surface area contributed by atoms with Crippen molar-refractivity contribution in [2.24, 2.45) is 0 Å². The lowest BCUT2D eigenvalue weighted by molar-refractivity contribution is -0.137. The van der Waals surface area contributed by atoms with Crippen LogP contribution in [0.25, 0.3) is 0 Å². The Morgan fingerprint density at radius 2 is 1.69 bits per heavy atom. The summed E-state index contributed by atoms with van der Waals surface area (Å²) in [7, 11) is 2.09. The molecule has 1 aromatic carbocycles. The van der Waals surface area contributed by atoms with Crippen LogP contribution in [0.3, 0.4) is 0 Å². The van der Waals surface area contributed by atoms with Gasteiger partial charge in [0.2, 0.25) is 5.95 Å². The van der Waals surface area contributed by atoms with Crippen molar-refractivity contribution in [3.05, 3.63) is 35.8 Å². The van der Waals surface area contributed by atoms with Gasteiger partial charge in [0, 0.05) is 41.6 Å². The van der Waals surface area contributed by atoms with Crippen molar-refractivity contribution in [2.45, 2.75) is 63.8 Å². The minimum Gasteiger partial charge on any atom is -0.378 e. The lowest BCUT2D eigenvalue weighted by atomic mass is 9.77. The van der Waals surface area contributed by atoms with E-state index in [0.29, 0.717) is 26.3 Å². The topological polar surface area (TPSA) is 65.5 Å². The number of likely N-dealkylation sites (tertiary alicyclic amines) is 1. The maximum absolute atomic E-state index is 14.6. The van der Waals surface area contributed by atoms with Crippen molar-refractivity contribution in [1.29, 1.82) is 0 Å². The zero-order valence-corrected chi connectivity index (χ0v) is 21.3. The highest BCUT2D eigenvalue weighted by molar-refractivity contribution is 5.65. The Morgan fingerprint density at radius 3 is 2.31 bits per heavy atom. The van der Waals surface area contributed by atoms with Gasteiger partial charge in [-0.25, -0.2) is 9.37 Å². The standard InChI is InChI=1S/C25H34F4N6O/c1-23(2)13-17(14-24(3,4)34(23)5)31-21-19(26)15-30-22(33-21)32-16-6-7-20(18(12-16)25(27,28)29)35-8-10-36-11-9-35/h6-7,12,15,17H,8-11,13-14H2,1-5H3,(H2,30,31,32,33). The summed E-state index contributed by atoms with van der Waals surface area (Å²) in [5.74, 6) is -0.582. The van der Waals surface area contributed by atoms with Crippen LogP contribution in [0.1, 0.15) is 46.1 Å². The fourth-order valence-electron chi connectivity index (χ4n) is 5.25. The fourth-order valence-corrected chi connectivity index (χ4v) is 5.25. The SMILES string of the molecule is CN1C(C)(C)CC(Nc2nc(Nc3ccc(N4CCOCC4)c(C(F)(F)F)c3)ncc2F)CC1(C)C. The Kier molecular flexibility index (Phi) is 7.09. The summed E-state index contributed by atoms with van der Waals surface area (Å²) in [6.45, 7) is 10.1. The number of morpholine rings is 1. The number of nitrogens with zero attached hydrogens (tertiary/aromatic N) is 4. The molecule has 0 radical (unpaired) electrons. The van der Waals surface area contributed by atoms with Crippen LogP contribution in [0, 0.1) is 5.82 Å². The van der Waals surface area contributed by atoms with Gasteiger partial charge in [-0.1, -0.05) is 0 Å². The molecule has 2 aromatic rings. The van der Waals surface area contributed by atoms with Crippen LogP contribution < -0.4 is 15.5 Å². The second-order valence-electron chi connectivity index (χ2n) is 10.8. The van der Waals surface area contributed by atoms with Gasteiger partial charge in [0.25, 0.3) is 0 Å². The van der Waals surface area contributed by atoms with Crippen LogP contribution in [0.4, 0.5) is 40.7 Å². The monoisotopic (exact) mass is 510 g/mol. The Bertz CT molecular complexity index is 1070. The summed E-state index contributed by atoms with van der Waals surface area (Å²) in [6.07, 6.45) is -1.97. The molecule has 2 aliphatic rings. The molecule has 2 fully saturated rings. The van der Waals surface area contributed by atoms with Crippen molar-refractivity contribution in [2.75, 3.05) is 48.9 Å². The number of alkyl halides is 3. The number of aromatic nitrogens is 2. The molecule has 11 heteroatoms. The predicted molar refractivity (Wildman–Crippen MR) is 132 cm³/mol. The van der Waals surface area contributed by atoms with Crippen molar-refractivity contribution in [3.63, 3.8) is 0 Å². The largest absolute Gasteiger partial charge is 0.418 e. The molecule has 0 aliphatic carbocycles. The lowest BCUT2D eigenvalue weighted by Gasteiger charge is -2.53. The normalized spacial score (nSPS) is 20.9. The third kappa shape index (κ3) is 5.67. The number of benzene rings is 1. The van der Waals surface area contributed by atoms with E-state index in [0.717, 1.165) is 25.1 Å². The summed E-state index contributed by atoms with van der Waals surface area (Å²) in [4.78, 5) is 12.2. The number of halogens is 4. The number of ether oxygens (including phenoxy) is 1. The second-order valence-corrected chi connectivity index (χ2v) is 10.8. The molecular weight excluding hydrogens is 476 g/mol. The first kappa shape index (κ1) is 26.4. The number of rotatable bonds is 5. The highest BCUT2D eigenvalue weighted by Gasteiger charge is 2.43. The van der Waals surface area contributed by atoms with E-state index in [1.165, 1.54) is 6.07 Å². The van der Waals surface area contributed by atoms with Crippen LogP contribution in [0.2, 0.25) is 0 Å². The molecule has 0 saturated carbocycles. The van der Waals surface area contributed by atoms with Gasteiger partial charge in [0.15, 0.2) is 11.6 Å².